The van der Waals surface area contributed by atoms with Gasteiger partial charge in [-0.1, -0.05) is 0 Å². The average molecular weight is 423 g/mol. The minimum atomic E-state index is -3.27. The minimum absolute atomic E-state index is 0.128. The quantitative estimate of drug-likeness (QED) is 0.709. The van der Waals surface area contributed by atoms with E-state index in [4.69, 9.17) is 9.15 Å². The third-order valence-electron chi connectivity index (χ3n) is 5.31. The van der Waals surface area contributed by atoms with Gasteiger partial charge in [0.15, 0.2) is 0 Å². The van der Waals surface area contributed by atoms with Crippen molar-refractivity contribution in [2.75, 3.05) is 26.5 Å². The van der Waals surface area contributed by atoms with Gasteiger partial charge in [-0.15, -0.1) is 0 Å². The summed E-state index contributed by atoms with van der Waals surface area (Å²) in [5.41, 5.74) is 1.24. The minimum Gasteiger partial charge on any atom is -0.497 e. The van der Waals surface area contributed by atoms with E-state index in [1.165, 1.54) is 10.6 Å². The van der Waals surface area contributed by atoms with Crippen molar-refractivity contribution in [3.05, 3.63) is 39.7 Å². The highest BCUT2D eigenvalue weighted by atomic mass is 32.2. The molecule has 8 nitrogen and oxygen atoms in total. The van der Waals surface area contributed by atoms with Crippen LogP contribution in [0.5, 0.6) is 5.75 Å². The lowest BCUT2D eigenvalue weighted by atomic mass is 10.0. The standard InChI is InChI=1S/C20H26N2O6S/c1-13-16-7-6-15(27-2)11-18(16)28-20(24)17(13)8-9-19(23)21-14-5-4-10-22(12-14)29(3,25)26/h6-7,11,14H,4-5,8-10,12H2,1-3H3,(H,21,23). The fourth-order valence-corrected chi connectivity index (χ4v) is 4.60. The normalized spacial score (nSPS) is 18.0. The van der Waals surface area contributed by atoms with E-state index in [1.807, 2.05) is 13.0 Å². The number of hydrogen-bond donors (Lipinski definition) is 1. The van der Waals surface area contributed by atoms with Gasteiger partial charge in [-0.05, 0) is 43.9 Å². The van der Waals surface area contributed by atoms with Gasteiger partial charge in [-0.3, -0.25) is 4.79 Å². The van der Waals surface area contributed by atoms with Crippen molar-refractivity contribution in [1.82, 2.24) is 9.62 Å². The van der Waals surface area contributed by atoms with Crippen LogP contribution in [0.25, 0.3) is 11.0 Å². The molecule has 1 aliphatic rings. The van der Waals surface area contributed by atoms with Crippen LogP contribution >= 0.6 is 0 Å². The highest BCUT2D eigenvalue weighted by Gasteiger charge is 2.26. The van der Waals surface area contributed by atoms with Gasteiger partial charge in [0.25, 0.3) is 0 Å². The Morgan fingerprint density at radius 3 is 2.83 bits per heavy atom. The van der Waals surface area contributed by atoms with Gasteiger partial charge < -0.3 is 14.5 Å². The number of sulfonamides is 1. The monoisotopic (exact) mass is 422 g/mol. The highest BCUT2D eigenvalue weighted by molar-refractivity contribution is 7.88. The topological polar surface area (TPSA) is 106 Å². The summed E-state index contributed by atoms with van der Waals surface area (Å²) in [6.07, 6.45) is 2.99. The van der Waals surface area contributed by atoms with Crippen LogP contribution in [0, 0.1) is 6.92 Å². The molecule has 0 radical (unpaired) electrons. The number of aryl methyl sites for hydroxylation is 1. The molecule has 2 heterocycles. The molecule has 1 unspecified atom stereocenters. The van der Waals surface area contributed by atoms with Crippen molar-refractivity contribution in [3.8, 4) is 5.75 Å². The first-order chi connectivity index (χ1) is 13.7. The summed E-state index contributed by atoms with van der Waals surface area (Å²) < 4.78 is 35.4. The summed E-state index contributed by atoms with van der Waals surface area (Å²) in [6.45, 7) is 2.60. The Balaban J connectivity index is 1.67. The second-order valence-electron chi connectivity index (χ2n) is 7.38. The fourth-order valence-electron chi connectivity index (χ4n) is 3.69. The second-order valence-corrected chi connectivity index (χ2v) is 9.37. The van der Waals surface area contributed by atoms with E-state index < -0.39 is 15.6 Å². The Bertz CT molecular complexity index is 1080. The zero-order chi connectivity index (χ0) is 21.2. The van der Waals surface area contributed by atoms with Crippen molar-refractivity contribution >= 4 is 26.9 Å². The molecular formula is C20H26N2O6S. The summed E-state index contributed by atoms with van der Waals surface area (Å²) in [6, 6.07) is 5.07. The molecular weight excluding hydrogens is 396 g/mol. The Kier molecular flexibility index (Phi) is 6.28. The van der Waals surface area contributed by atoms with Crippen molar-refractivity contribution in [2.24, 2.45) is 0 Å². The van der Waals surface area contributed by atoms with Gasteiger partial charge in [0, 0.05) is 42.6 Å². The molecule has 1 aromatic heterocycles. The first-order valence-electron chi connectivity index (χ1n) is 9.54. The molecule has 0 saturated carbocycles. The van der Waals surface area contributed by atoms with Gasteiger partial charge in [0.05, 0.1) is 13.4 Å². The van der Waals surface area contributed by atoms with Crippen LogP contribution in [-0.2, 0) is 21.2 Å². The van der Waals surface area contributed by atoms with E-state index in [9.17, 15) is 18.0 Å². The van der Waals surface area contributed by atoms with Gasteiger partial charge in [0.2, 0.25) is 15.9 Å². The molecule has 0 spiro atoms. The first-order valence-corrected chi connectivity index (χ1v) is 11.4. The van der Waals surface area contributed by atoms with E-state index in [1.54, 1.807) is 19.2 Å². The van der Waals surface area contributed by atoms with Crippen molar-refractivity contribution in [3.63, 3.8) is 0 Å². The number of ether oxygens (including phenoxy) is 1. The lowest BCUT2D eigenvalue weighted by Gasteiger charge is -2.31. The van der Waals surface area contributed by atoms with Crippen LogP contribution in [0.15, 0.2) is 27.4 Å². The zero-order valence-electron chi connectivity index (χ0n) is 16.9. The average Bonchev–Trinajstić information content (AvgIpc) is 2.66. The van der Waals surface area contributed by atoms with Crippen molar-refractivity contribution in [2.45, 2.75) is 38.6 Å². The van der Waals surface area contributed by atoms with E-state index in [0.717, 1.165) is 17.4 Å². The number of piperidine rings is 1. The fraction of sp³-hybridized carbons (Fsp3) is 0.500. The molecule has 1 aliphatic heterocycles. The zero-order valence-corrected chi connectivity index (χ0v) is 17.7. The number of methoxy groups -OCH3 is 1. The molecule has 2 aromatic rings. The Hall–Kier alpha value is -2.39. The molecule has 1 fully saturated rings. The molecule has 29 heavy (non-hydrogen) atoms. The Morgan fingerprint density at radius 2 is 2.14 bits per heavy atom. The Labute approximate surface area is 169 Å². The number of fused-ring (bicyclic) bond motifs is 1. The maximum absolute atomic E-state index is 12.4. The third-order valence-corrected chi connectivity index (χ3v) is 6.58. The molecule has 1 atom stereocenters. The van der Waals surface area contributed by atoms with Gasteiger partial charge in [-0.25, -0.2) is 17.5 Å². The molecule has 1 amide bonds. The van der Waals surface area contributed by atoms with E-state index >= 15 is 0 Å². The van der Waals surface area contributed by atoms with Gasteiger partial charge in [-0.2, -0.15) is 0 Å². The predicted octanol–water partition coefficient (Wildman–Crippen LogP) is 1.58. The summed E-state index contributed by atoms with van der Waals surface area (Å²) in [7, 11) is -1.73. The number of nitrogens with zero attached hydrogens (tertiary/aromatic N) is 1. The molecule has 1 N–H and O–H groups in total. The van der Waals surface area contributed by atoms with Crippen LogP contribution < -0.4 is 15.7 Å². The van der Waals surface area contributed by atoms with E-state index in [2.05, 4.69) is 5.32 Å². The summed E-state index contributed by atoms with van der Waals surface area (Å²) >= 11 is 0. The number of amides is 1. The SMILES string of the molecule is COc1ccc2c(C)c(CCC(=O)NC3CCCN(S(C)(=O)=O)C3)c(=O)oc2c1. The molecule has 158 valence electrons. The van der Waals surface area contributed by atoms with Gasteiger partial charge >= 0.3 is 5.63 Å². The van der Waals surface area contributed by atoms with Crippen LogP contribution in [-0.4, -0.2) is 51.1 Å². The maximum atomic E-state index is 12.4. The van der Waals surface area contributed by atoms with Gasteiger partial charge in [0.1, 0.15) is 11.3 Å². The number of benzene rings is 1. The van der Waals surface area contributed by atoms with E-state index in [-0.39, 0.29) is 31.3 Å². The molecule has 3 rings (SSSR count). The maximum Gasteiger partial charge on any atom is 0.339 e. The molecule has 9 heteroatoms. The summed E-state index contributed by atoms with van der Waals surface area (Å²) in [4.78, 5) is 24.8. The van der Waals surface area contributed by atoms with Crippen LogP contribution in [0.2, 0.25) is 0 Å². The summed E-state index contributed by atoms with van der Waals surface area (Å²) in [5.74, 6) is 0.391. The van der Waals surface area contributed by atoms with Crippen molar-refractivity contribution in [1.29, 1.82) is 0 Å². The smallest absolute Gasteiger partial charge is 0.339 e. The highest BCUT2D eigenvalue weighted by Crippen LogP contribution is 2.24. The molecule has 0 aliphatic carbocycles. The van der Waals surface area contributed by atoms with E-state index in [0.29, 0.717) is 29.9 Å². The largest absolute Gasteiger partial charge is 0.497 e. The van der Waals surface area contributed by atoms with Crippen LogP contribution in [0.4, 0.5) is 0 Å². The van der Waals surface area contributed by atoms with Crippen molar-refractivity contribution < 1.29 is 22.4 Å². The Morgan fingerprint density at radius 1 is 1.38 bits per heavy atom. The lowest BCUT2D eigenvalue weighted by molar-refractivity contribution is -0.122. The molecule has 0 bridgehead atoms. The third kappa shape index (κ3) is 4.97. The second kappa shape index (κ2) is 8.54. The molecule has 1 saturated heterocycles. The number of nitrogens with one attached hydrogen (secondary N) is 1. The lowest BCUT2D eigenvalue weighted by Crippen LogP contribution is -2.49. The first kappa shape index (κ1) is 21.3. The molecule has 1 aromatic carbocycles. The number of carbonyl (C=O) groups is 1. The number of rotatable bonds is 6. The predicted molar refractivity (Wildman–Crippen MR) is 110 cm³/mol. The van der Waals surface area contributed by atoms with Crippen LogP contribution in [0.3, 0.4) is 0 Å². The summed E-state index contributed by atoms with van der Waals surface area (Å²) in [5, 5.41) is 3.69. The number of carbonyl (C=O) groups excluding carboxylic acids is 1. The van der Waals surface area contributed by atoms with Crippen LogP contribution in [0.1, 0.15) is 30.4 Å². The number of hydrogen-bond acceptors (Lipinski definition) is 6.